The summed E-state index contributed by atoms with van der Waals surface area (Å²) in [6.07, 6.45) is 7.99. The Labute approximate surface area is 91.9 Å². The van der Waals surface area contributed by atoms with Crippen LogP contribution in [0.4, 0.5) is 0 Å². The van der Waals surface area contributed by atoms with Crippen LogP contribution in [0.3, 0.4) is 0 Å². The predicted molar refractivity (Wildman–Crippen MR) is 58.6 cm³/mol. The van der Waals surface area contributed by atoms with E-state index >= 15 is 0 Å². The summed E-state index contributed by atoms with van der Waals surface area (Å²) in [6.45, 7) is 0.487. The van der Waals surface area contributed by atoms with Gasteiger partial charge in [0.1, 0.15) is 5.39 Å². The fourth-order valence-electron chi connectivity index (χ4n) is 1.45. The highest BCUT2D eigenvalue weighted by molar-refractivity contribution is 5.72. The topological polar surface area (TPSA) is 65.6 Å². The van der Waals surface area contributed by atoms with E-state index in [4.69, 9.17) is 6.42 Å². The molecule has 82 valence electrons. The van der Waals surface area contributed by atoms with Crippen molar-refractivity contribution >= 4 is 11.0 Å². The van der Waals surface area contributed by atoms with Crippen LogP contribution in [0.15, 0.2) is 11.0 Å². The van der Waals surface area contributed by atoms with Crippen molar-refractivity contribution in [1.82, 2.24) is 24.8 Å². The fraction of sp³-hybridized carbons (Fsp3) is 0.400. The molecule has 2 aromatic heterocycles. The van der Waals surface area contributed by atoms with E-state index < -0.39 is 0 Å². The molecular weight excluding hydrogens is 206 g/mol. The molecule has 0 amide bonds. The molecule has 6 heteroatoms. The van der Waals surface area contributed by atoms with Gasteiger partial charge in [0.2, 0.25) is 0 Å². The zero-order valence-electron chi connectivity index (χ0n) is 8.92. The van der Waals surface area contributed by atoms with E-state index in [1.807, 2.05) is 0 Å². The largest absolute Gasteiger partial charge is 0.280 e. The van der Waals surface area contributed by atoms with Gasteiger partial charge in [-0.25, -0.2) is 9.36 Å². The maximum atomic E-state index is 11.9. The molecule has 0 aliphatic heterocycles. The van der Waals surface area contributed by atoms with Gasteiger partial charge in [0, 0.05) is 20.0 Å². The van der Waals surface area contributed by atoms with Gasteiger partial charge in [0.05, 0.1) is 6.20 Å². The molecule has 0 atom stereocenters. The lowest BCUT2D eigenvalue weighted by atomic mass is 10.3. The summed E-state index contributed by atoms with van der Waals surface area (Å²) in [5.41, 5.74) is 0.327. The van der Waals surface area contributed by atoms with Gasteiger partial charge < -0.3 is 0 Å². The van der Waals surface area contributed by atoms with Crippen molar-refractivity contribution in [3.63, 3.8) is 0 Å². The average molecular weight is 217 g/mol. The van der Waals surface area contributed by atoms with E-state index in [-0.39, 0.29) is 5.56 Å². The highest BCUT2D eigenvalue weighted by Crippen LogP contribution is 2.01. The number of hydrogen-bond donors (Lipinski definition) is 0. The van der Waals surface area contributed by atoms with E-state index in [0.717, 1.165) is 6.42 Å². The third-order valence-electron chi connectivity index (χ3n) is 2.31. The normalized spacial score (nSPS) is 10.5. The second-order valence-electron chi connectivity index (χ2n) is 3.43. The number of terminal acetylenes is 1. The van der Waals surface area contributed by atoms with Crippen LogP contribution in [0.1, 0.15) is 12.8 Å². The van der Waals surface area contributed by atoms with E-state index in [0.29, 0.717) is 24.0 Å². The van der Waals surface area contributed by atoms with Crippen molar-refractivity contribution in [2.75, 3.05) is 0 Å². The van der Waals surface area contributed by atoms with Crippen LogP contribution in [-0.2, 0) is 13.6 Å². The molecule has 0 N–H and O–H groups in total. The second kappa shape index (κ2) is 4.14. The Balaban J connectivity index is 2.38. The van der Waals surface area contributed by atoms with Crippen LogP contribution >= 0.6 is 0 Å². The van der Waals surface area contributed by atoms with E-state index in [9.17, 15) is 4.79 Å². The number of fused-ring (bicyclic) bond motifs is 1. The minimum absolute atomic E-state index is 0.171. The molecule has 2 aromatic rings. The summed E-state index contributed by atoms with van der Waals surface area (Å²) < 4.78 is 2.84. The lowest BCUT2D eigenvalue weighted by Crippen LogP contribution is -2.24. The molecule has 6 nitrogen and oxygen atoms in total. The number of nitrogens with zero attached hydrogens (tertiary/aromatic N) is 5. The molecular formula is C10H11N5O. The van der Waals surface area contributed by atoms with Crippen LogP contribution in [0.25, 0.3) is 11.0 Å². The van der Waals surface area contributed by atoms with Crippen LogP contribution in [0.5, 0.6) is 0 Å². The Morgan fingerprint density at radius 3 is 3.12 bits per heavy atom. The Morgan fingerprint density at radius 2 is 2.38 bits per heavy atom. The SMILES string of the molecule is C#CCCCn1nnc2c(cnn2C)c1=O. The van der Waals surface area contributed by atoms with Gasteiger partial charge in [-0.2, -0.15) is 5.10 Å². The predicted octanol–water partition coefficient (Wildman–Crippen LogP) is -0.0616. The molecule has 0 bridgehead atoms. The maximum Gasteiger partial charge on any atom is 0.280 e. The van der Waals surface area contributed by atoms with Gasteiger partial charge in [-0.05, 0) is 6.42 Å². The van der Waals surface area contributed by atoms with E-state index in [1.165, 1.54) is 15.6 Å². The molecule has 2 heterocycles. The van der Waals surface area contributed by atoms with Gasteiger partial charge >= 0.3 is 0 Å². The minimum Gasteiger partial charge on any atom is -0.267 e. The average Bonchev–Trinajstić information content (AvgIpc) is 2.65. The lowest BCUT2D eigenvalue weighted by molar-refractivity contribution is 0.528. The summed E-state index contributed by atoms with van der Waals surface area (Å²) in [5.74, 6) is 2.52. The van der Waals surface area contributed by atoms with Crippen LogP contribution in [0.2, 0.25) is 0 Å². The Kier molecular flexibility index (Phi) is 2.68. The molecule has 0 fully saturated rings. The zero-order chi connectivity index (χ0) is 11.5. The Morgan fingerprint density at radius 1 is 1.56 bits per heavy atom. The van der Waals surface area contributed by atoms with Gasteiger partial charge in [0.25, 0.3) is 5.56 Å². The van der Waals surface area contributed by atoms with Crippen LogP contribution in [-0.4, -0.2) is 24.8 Å². The number of aromatic nitrogens is 5. The standard InChI is InChI=1S/C10H11N5O/c1-3-4-5-6-15-10(16)8-7-11-14(2)9(8)12-13-15/h1,7H,4-6H2,2H3. The molecule has 16 heavy (non-hydrogen) atoms. The molecule has 0 aromatic carbocycles. The highest BCUT2D eigenvalue weighted by Gasteiger charge is 2.08. The van der Waals surface area contributed by atoms with Gasteiger partial charge in [0.15, 0.2) is 5.65 Å². The summed E-state index contributed by atoms with van der Waals surface area (Å²) in [7, 11) is 1.72. The number of hydrogen-bond acceptors (Lipinski definition) is 4. The van der Waals surface area contributed by atoms with Crippen molar-refractivity contribution in [3.8, 4) is 12.3 Å². The summed E-state index contributed by atoms with van der Waals surface area (Å²) >= 11 is 0. The molecule has 0 radical (unpaired) electrons. The van der Waals surface area contributed by atoms with Crippen molar-refractivity contribution < 1.29 is 0 Å². The van der Waals surface area contributed by atoms with Gasteiger partial charge in [-0.1, -0.05) is 5.21 Å². The molecule has 0 unspecified atom stereocenters. The Hall–Kier alpha value is -2.16. The third-order valence-corrected chi connectivity index (χ3v) is 2.31. The first-order chi connectivity index (χ1) is 7.74. The summed E-state index contributed by atoms with van der Waals surface area (Å²) in [4.78, 5) is 11.9. The highest BCUT2D eigenvalue weighted by atomic mass is 16.1. The molecule has 0 spiro atoms. The second-order valence-corrected chi connectivity index (χ2v) is 3.43. The first-order valence-corrected chi connectivity index (χ1v) is 4.93. The smallest absolute Gasteiger partial charge is 0.267 e. The number of rotatable bonds is 3. The van der Waals surface area contributed by atoms with Gasteiger partial charge in [-0.3, -0.25) is 4.79 Å². The van der Waals surface area contributed by atoms with Crippen molar-refractivity contribution in [3.05, 3.63) is 16.6 Å². The van der Waals surface area contributed by atoms with Crippen LogP contribution in [0, 0.1) is 12.3 Å². The molecule has 0 saturated carbocycles. The van der Waals surface area contributed by atoms with Crippen LogP contribution < -0.4 is 5.56 Å². The molecule has 0 aliphatic rings. The monoisotopic (exact) mass is 217 g/mol. The third kappa shape index (κ3) is 1.67. The number of aryl methyl sites for hydroxylation is 2. The quantitative estimate of drug-likeness (QED) is 0.533. The molecule has 2 rings (SSSR count). The first-order valence-electron chi connectivity index (χ1n) is 4.93. The number of unbranched alkanes of at least 4 members (excludes halogenated alkanes) is 1. The van der Waals surface area contributed by atoms with Crippen molar-refractivity contribution in [1.29, 1.82) is 0 Å². The van der Waals surface area contributed by atoms with Crippen molar-refractivity contribution in [2.24, 2.45) is 7.05 Å². The van der Waals surface area contributed by atoms with E-state index in [1.54, 1.807) is 7.05 Å². The van der Waals surface area contributed by atoms with Crippen molar-refractivity contribution in [2.45, 2.75) is 19.4 Å². The fourth-order valence-corrected chi connectivity index (χ4v) is 1.45. The molecule has 0 saturated heterocycles. The Bertz CT molecular complexity index is 604. The maximum absolute atomic E-state index is 11.9. The zero-order valence-corrected chi connectivity index (χ0v) is 8.92. The summed E-state index contributed by atoms with van der Waals surface area (Å²) in [5, 5.41) is 12.2. The minimum atomic E-state index is -0.171. The van der Waals surface area contributed by atoms with Gasteiger partial charge in [-0.15, -0.1) is 17.4 Å². The summed E-state index contributed by atoms with van der Waals surface area (Å²) in [6, 6.07) is 0. The van der Waals surface area contributed by atoms with E-state index in [2.05, 4.69) is 21.3 Å². The molecule has 0 aliphatic carbocycles. The first kappa shape index (κ1) is 10.4. The lowest BCUT2D eigenvalue weighted by Gasteiger charge is -2.00.